The number of para-hydroxylation sites is 1. The first-order valence-electron chi connectivity index (χ1n) is 8.35. The molecule has 0 saturated carbocycles. The molecule has 29 heavy (non-hydrogen) atoms. The third kappa shape index (κ3) is 5.34. The minimum absolute atomic E-state index is 0.0130. The van der Waals surface area contributed by atoms with Crippen LogP contribution in [-0.4, -0.2) is 25.6 Å². The van der Waals surface area contributed by atoms with Crippen molar-refractivity contribution in [1.82, 2.24) is 5.43 Å². The second kappa shape index (κ2) is 8.76. The molecule has 0 saturated heterocycles. The fraction of sp³-hybridized carbons (Fsp3) is 0. The van der Waals surface area contributed by atoms with Gasteiger partial charge in [-0.3, -0.25) is 9.52 Å². The molecule has 1 amide bonds. The van der Waals surface area contributed by atoms with Gasteiger partial charge in [-0.05, 0) is 54.1 Å². The number of hydrogen-bond acceptors (Lipinski definition) is 5. The predicted molar refractivity (Wildman–Crippen MR) is 112 cm³/mol. The SMILES string of the molecule is O=C(N/N=C\c1cccc(O)c1)c1ccccc1NS(=O)(=O)c1ccc(Cl)cc1. The van der Waals surface area contributed by atoms with Crippen LogP contribution < -0.4 is 10.1 Å². The lowest BCUT2D eigenvalue weighted by Gasteiger charge is -2.11. The number of phenols is 1. The number of hydrazone groups is 1. The molecule has 3 N–H and O–H groups in total. The molecular formula is C20H16ClN3O4S. The molecule has 0 heterocycles. The first-order valence-corrected chi connectivity index (χ1v) is 10.2. The number of sulfonamides is 1. The average Bonchev–Trinajstić information content (AvgIpc) is 2.68. The van der Waals surface area contributed by atoms with Crippen molar-refractivity contribution >= 4 is 39.4 Å². The van der Waals surface area contributed by atoms with Crippen LogP contribution in [-0.2, 0) is 10.0 Å². The first kappa shape index (κ1) is 20.4. The van der Waals surface area contributed by atoms with E-state index in [2.05, 4.69) is 15.2 Å². The zero-order chi connectivity index (χ0) is 20.9. The summed E-state index contributed by atoms with van der Waals surface area (Å²) in [6.45, 7) is 0. The predicted octanol–water partition coefficient (Wildman–Crippen LogP) is 3.61. The first-order chi connectivity index (χ1) is 13.8. The van der Waals surface area contributed by atoms with Gasteiger partial charge in [0.2, 0.25) is 0 Å². The number of anilines is 1. The lowest BCUT2D eigenvalue weighted by Crippen LogP contribution is -2.21. The number of benzene rings is 3. The molecule has 9 heteroatoms. The van der Waals surface area contributed by atoms with E-state index in [-0.39, 0.29) is 21.9 Å². The molecular weight excluding hydrogens is 414 g/mol. The zero-order valence-corrected chi connectivity index (χ0v) is 16.5. The van der Waals surface area contributed by atoms with Gasteiger partial charge in [-0.2, -0.15) is 5.10 Å². The summed E-state index contributed by atoms with van der Waals surface area (Å²) in [5, 5.41) is 13.7. The van der Waals surface area contributed by atoms with Crippen LogP contribution in [0.3, 0.4) is 0 Å². The summed E-state index contributed by atoms with van der Waals surface area (Å²) in [7, 11) is -3.91. The largest absolute Gasteiger partial charge is 0.508 e. The summed E-state index contributed by atoms with van der Waals surface area (Å²) in [6.07, 6.45) is 1.36. The summed E-state index contributed by atoms with van der Waals surface area (Å²) in [5.74, 6) is -0.530. The van der Waals surface area contributed by atoms with Crippen LogP contribution in [0.4, 0.5) is 5.69 Å². The fourth-order valence-electron chi connectivity index (χ4n) is 2.42. The van der Waals surface area contributed by atoms with Crippen molar-refractivity contribution in [3.8, 4) is 5.75 Å². The minimum Gasteiger partial charge on any atom is -0.508 e. The van der Waals surface area contributed by atoms with E-state index in [0.29, 0.717) is 10.6 Å². The van der Waals surface area contributed by atoms with E-state index < -0.39 is 15.9 Å². The Bertz CT molecular complexity index is 1160. The summed E-state index contributed by atoms with van der Waals surface area (Å²) in [5.41, 5.74) is 3.12. The Morgan fingerprint density at radius 1 is 1.00 bits per heavy atom. The number of amides is 1. The Balaban J connectivity index is 1.77. The van der Waals surface area contributed by atoms with Gasteiger partial charge < -0.3 is 5.11 Å². The van der Waals surface area contributed by atoms with Gasteiger partial charge in [-0.25, -0.2) is 13.8 Å². The lowest BCUT2D eigenvalue weighted by molar-refractivity contribution is 0.0956. The maximum absolute atomic E-state index is 12.6. The lowest BCUT2D eigenvalue weighted by atomic mass is 10.2. The Labute approximate surface area is 172 Å². The minimum atomic E-state index is -3.91. The van der Waals surface area contributed by atoms with Crippen LogP contribution >= 0.6 is 11.6 Å². The van der Waals surface area contributed by atoms with Gasteiger partial charge in [-0.15, -0.1) is 0 Å². The van der Waals surface area contributed by atoms with Crippen molar-refractivity contribution in [1.29, 1.82) is 0 Å². The number of carbonyl (C=O) groups is 1. The number of nitrogens with one attached hydrogen (secondary N) is 2. The molecule has 0 fully saturated rings. The van der Waals surface area contributed by atoms with Gasteiger partial charge in [0.15, 0.2) is 0 Å². The van der Waals surface area contributed by atoms with Crippen molar-refractivity contribution in [2.75, 3.05) is 4.72 Å². The zero-order valence-electron chi connectivity index (χ0n) is 14.9. The van der Waals surface area contributed by atoms with Crippen LogP contribution in [0.25, 0.3) is 0 Å². The monoisotopic (exact) mass is 429 g/mol. The van der Waals surface area contributed by atoms with E-state index in [1.165, 1.54) is 54.7 Å². The number of halogens is 1. The molecule has 7 nitrogen and oxygen atoms in total. The second-order valence-corrected chi connectivity index (χ2v) is 8.02. The molecule has 3 aromatic carbocycles. The second-order valence-electron chi connectivity index (χ2n) is 5.90. The number of phenolic OH excluding ortho intramolecular Hbond substituents is 1. The van der Waals surface area contributed by atoms with Crippen LogP contribution in [0, 0.1) is 0 Å². The average molecular weight is 430 g/mol. The van der Waals surface area contributed by atoms with E-state index in [1.807, 2.05) is 0 Å². The normalized spacial score (nSPS) is 11.3. The molecule has 0 radical (unpaired) electrons. The highest BCUT2D eigenvalue weighted by Gasteiger charge is 2.18. The smallest absolute Gasteiger partial charge is 0.273 e. The van der Waals surface area contributed by atoms with E-state index in [4.69, 9.17) is 11.6 Å². The van der Waals surface area contributed by atoms with Gasteiger partial charge >= 0.3 is 0 Å². The molecule has 0 bridgehead atoms. The van der Waals surface area contributed by atoms with Gasteiger partial charge in [0, 0.05) is 5.02 Å². The summed E-state index contributed by atoms with van der Waals surface area (Å²) in [6, 6.07) is 18.1. The number of hydrogen-bond donors (Lipinski definition) is 3. The van der Waals surface area contributed by atoms with Crippen molar-refractivity contribution in [2.45, 2.75) is 4.90 Å². The van der Waals surface area contributed by atoms with Crippen LogP contribution in [0.15, 0.2) is 82.8 Å². The van der Waals surface area contributed by atoms with E-state index in [1.54, 1.807) is 24.3 Å². The number of rotatable bonds is 6. The molecule has 0 atom stereocenters. The molecule has 148 valence electrons. The number of nitrogens with zero attached hydrogens (tertiary/aromatic N) is 1. The Kier molecular flexibility index (Phi) is 6.16. The van der Waals surface area contributed by atoms with Crippen molar-refractivity contribution in [2.24, 2.45) is 5.10 Å². The number of carbonyl (C=O) groups excluding carboxylic acids is 1. The molecule has 0 unspecified atom stereocenters. The summed E-state index contributed by atoms with van der Waals surface area (Å²) in [4.78, 5) is 12.5. The summed E-state index contributed by atoms with van der Waals surface area (Å²) < 4.78 is 27.6. The highest BCUT2D eigenvalue weighted by atomic mass is 35.5. The van der Waals surface area contributed by atoms with Gasteiger partial charge in [0.25, 0.3) is 15.9 Å². The Morgan fingerprint density at radius 2 is 1.72 bits per heavy atom. The van der Waals surface area contributed by atoms with E-state index >= 15 is 0 Å². The van der Waals surface area contributed by atoms with Crippen LogP contribution in [0.2, 0.25) is 5.02 Å². The molecule has 3 rings (SSSR count). The van der Waals surface area contributed by atoms with Crippen molar-refractivity contribution in [3.05, 3.63) is 88.9 Å². The highest BCUT2D eigenvalue weighted by Crippen LogP contribution is 2.21. The molecule has 0 spiro atoms. The topological polar surface area (TPSA) is 108 Å². The van der Waals surface area contributed by atoms with Crippen molar-refractivity contribution < 1.29 is 18.3 Å². The quantitative estimate of drug-likeness (QED) is 0.411. The molecule has 3 aromatic rings. The number of aromatic hydroxyl groups is 1. The van der Waals surface area contributed by atoms with Crippen LogP contribution in [0.5, 0.6) is 5.75 Å². The highest BCUT2D eigenvalue weighted by molar-refractivity contribution is 7.92. The van der Waals surface area contributed by atoms with E-state index in [0.717, 1.165) is 0 Å². The van der Waals surface area contributed by atoms with Gasteiger partial charge in [0.1, 0.15) is 5.75 Å². The van der Waals surface area contributed by atoms with Crippen LogP contribution in [0.1, 0.15) is 15.9 Å². The third-order valence-electron chi connectivity index (χ3n) is 3.79. The molecule has 0 aliphatic rings. The van der Waals surface area contributed by atoms with Gasteiger partial charge in [0.05, 0.1) is 22.4 Å². The standard InChI is InChI=1S/C20H16ClN3O4S/c21-15-8-10-17(11-9-15)29(27,28)24-19-7-2-1-6-18(19)20(26)23-22-13-14-4-3-5-16(25)12-14/h1-13,24-25H,(H,23,26)/b22-13-. The molecule has 0 aliphatic heterocycles. The Morgan fingerprint density at radius 3 is 2.45 bits per heavy atom. The third-order valence-corrected chi connectivity index (χ3v) is 5.42. The van der Waals surface area contributed by atoms with Crippen molar-refractivity contribution in [3.63, 3.8) is 0 Å². The molecule has 0 aromatic heterocycles. The summed E-state index contributed by atoms with van der Waals surface area (Å²) >= 11 is 5.79. The Hall–Kier alpha value is -3.36. The maximum Gasteiger partial charge on any atom is 0.273 e. The van der Waals surface area contributed by atoms with Gasteiger partial charge in [-0.1, -0.05) is 35.9 Å². The maximum atomic E-state index is 12.6. The molecule has 0 aliphatic carbocycles. The fourth-order valence-corrected chi connectivity index (χ4v) is 3.62. The van der Waals surface area contributed by atoms with E-state index in [9.17, 15) is 18.3 Å².